The molecule has 0 bridgehead atoms. The molecular weight excluding hydrogens is 380 g/mol. The number of ether oxygens (including phenoxy) is 3. The number of aromatic nitrogens is 4. The lowest BCUT2D eigenvalue weighted by Gasteiger charge is -2.17. The Hall–Kier alpha value is -3.87. The predicted molar refractivity (Wildman–Crippen MR) is 113 cm³/mol. The molecule has 3 aromatic heterocycles. The molecule has 152 valence electrons. The number of rotatable bonds is 8. The monoisotopic (exact) mass is 402 g/mol. The van der Waals surface area contributed by atoms with E-state index in [0.29, 0.717) is 30.5 Å². The van der Waals surface area contributed by atoms with Gasteiger partial charge in [0.25, 0.3) is 0 Å². The van der Waals surface area contributed by atoms with E-state index in [1.54, 1.807) is 39.1 Å². The van der Waals surface area contributed by atoms with Gasteiger partial charge in [-0.25, -0.2) is 9.97 Å². The molecule has 4 aromatic rings. The summed E-state index contributed by atoms with van der Waals surface area (Å²) in [5, 5.41) is 0. The van der Waals surface area contributed by atoms with Gasteiger partial charge in [-0.15, -0.1) is 0 Å². The van der Waals surface area contributed by atoms with Gasteiger partial charge in [0.15, 0.2) is 11.5 Å². The summed E-state index contributed by atoms with van der Waals surface area (Å²) in [6.45, 7) is 1.00. The molecule has 0 unspecified atom stereocenters. The Labute approximate surface area is 174 Å². The Morgan fingerprint density at radius 2 is 1.87 bits per heavy atom. The topological polar surface area (TPSA) is 71.3 Å². The van der Waals surface area contributed by atoms with Gasteiger partial charge in [0.2, 0.25) is 5.88 Å². The first-order valence-electron chi connectivity index (χ1n) is 9.46. The van der Waals surface area contributed by atoms with Gasteiger partial charge in [0.05, 0.1) is 26.2 Å². The highest BCUT2D eigenvalue weighted by Crippen LogP contribution is 2.36. The molecule has 0 radical (unpaired) electrons. The molecule has 30 heavy (non-hydrogen) atoms. The molecule has 0 fully saturated rings. The van der Waals surface area contributed by atoms with Crippen LogP contribution in [0.1, 0.15) is 11.1 Å². The van der Waals surface area contributed by atoms with Crippen LogP contribution in [-0.2, 0) is 13.2 Å². The molecule has 0 atom stereocenters. The summed E-state index contributed by atoms with van der Waals surface area (Å²) in [6.07, 6.45) is 8.99. The molecule has 0 spiro atoms. The van der Waals surface area contributed by atoms with Crippen molar-refractivity contribution < 1.29 is 14.2 Å². The first kappa shape index (κ1) is 19.4. The maximum atomic E-state index is 6.09. The van der Waals surface area contributed by atoms with Crippen LogP contribution in [-0.4, -0.2) is 33.7 Å². The molecule has 0 saturated carbocycles. The summed E-state index contributed by atoms with van der Waals surface area (Å²) in [5.41, 5.74) is 3.83. The quantitative estimate of drug-likeness (QED) is 0.444. The second-order valence-electron chi connectivity index (χ2n) is 6.61. The molecule has 0 N–H and O–H groups in total. The van der Waals surface area contributed by atoms with Crippen LogP contribution in [0, 0.1) is 0 Å². The number of benzene rings is 1. The third kappa shape index (κ3) is 4.41. The van der Waals surface area contributed by atoms with Crippen molar-refractivity contribution in [3.05, 3.63) is 84.7 Å². The smallest absolute Gasteiger partial charge is 0.212 e. The maximum absolute atomic E-state index is 6.09. The van der Waals surface area contributed by atoms with Crippen LogP contribution >= 0.6 is 0 Å². The molecular formula is C23H22N4O3. The zero-order valence-corrected chi connectivity index (χ0v) is 16.9. The molecule has 0 aliphatic rings. The van der Waals surface area contributed by atoms with Gasteiger partial charge in [0.1, 0.15) is 6.61 Å². The standard InChI is InChI=1S/C23H22N4O3/c1-28-21-11-18(14-27-10-9-24-16-27)19(20-5-3-4-8-25-20)12-22(21)30-15-17-6-7-23(29-2)26-13-17/h3-13,16H,14-15H2,1-2H3. The maximum Gasteiger partial charge on any atom is 0.212 e. The lowest BCUT2D eigenvalue weighted by Crippen LogP contribution is -2.04. The van der Waals surface area contributed by atoms with E-state index >= 15 is 0 Å². The average Bonchev–Trinajstić information content (AvgIpc) is 3.32. The van der Waals surface area contributed by atoms with E-state index in [0.717, 1.165) is 22.4 Å². The van der Waals surface area contributed by atoms with Gasteiger partial charge in [-0.05, 0) is 35.9 Å². The van der Waals surface area contributed by atoms with Gasteiger partial charge in [0, 0.05) is 48.5 Å². The van der Waals surface area contributed by atoms with E-state index in [4.69, 9.17) is 14.2 Å². The van der Waals surface area contributed by atoms with Crippen LogP contribution < -0.4 is 14.2 Å². The Morgan fingerprint density at radius 1 is 0.933 bits per heavy atom. The highest BCUT2D eigenvalue weighted by Gasteiger charge is 2.15. The number of methoxy groups -OCH3 is 2. The lowest BCUT2D eigenvalue weighted by atomic mass is 10.0. The zero-order valence-electron chi connectivity index (χ0n) is 16.9. The Bertz CT molecular complexity index is 1080. The Morgan fingerprint density at radius 3 is 2.53 bits per heavy atom. The first-order valence-corrected chi connectivity index (χ1v) is 9.46. The Kier molecular flexibility index (Phi) is 5.89. The summed E-state index contributed by atoms with van der Waals surface area (Å²) < 4.78 is 18.8. The predicted octanol–water partition coefficient (Wildman–Crippen LogP) is 3.98. The first-order chi connectivity index (χ1) is 14.8. The van der Waals surface area contributed by atoms with Gasteiger partial charge in [-0.2, -0.15) is 0 Å². The SMILES string of the molecule is COc1ccc(COc2cc(-c3ccccn3)c(Cn3ccnc3)cc2OC)cn1. The number of imidazole rings is 1. The fraction of sp³-hybridized carbons (Fsp3) is 0.174. The number of nitrogens with zero attached hydrogens (tertiary/aromatic N) is 4. The third-order valence-electron chi connectivity index (χ3n) is 4.64. The van der Waals surface area contributed by atoms with E-state index < -0.39 is 0 Å². The van der Waals surface area contributed by atoms with Gasteiger partial charge in [-0.1, -0.05) is 6.07 Å². The van der Waals surface area contributed by atoms with Crippen molar-refractivity contribution in [2.24, 2.45) is 0 Å². The van der Waals surface area contributed by atoms with Crippen molar-refractivity contribution in [3.8, 4) is 28.6 Å². The molecule has 7 nitrogen and oxygen atoms in total. The number of hydrogen-bond acceptors (Lipinski definition) is 6. The van der Waals surface area contributed by atoms with Crippen molar-refractivity contribution >= 4 is 0 Å². The van der Waals surface area contributed by atoms with Crippen LogP contribution in [0.2, 0.25) is 0 Å². The molecule has 7 heteroatoms. The lowest BCUT2D eigenvalue weighted by molar-refractivity contribution is 0.283. The number of pyridine rings is 2. The summed E-state index contributed by atoms with van der Waals surface area (Å²) in [5.74, 6) is 1.87. The van der Waals surface area contributed by atoms with E-state index in [9.17, 15) is 0 Å². The largest absolute Gasteiger partial charge is 0.493 e. The Balaban J connectivity index is 1.67. The van der Waals surface area contributed by atoms with Crippen molar-refractivity contribution in [3.63, 3.8) is 0 Å². The molecule has 3 heterocycles. The van der Waals surface area contributed by atoms with Crippen LogP contribution in [0.5, 0.6) is 17.4 Å². The summed E-state index contributed by atoms with van der Waals surface area (Å²) in [7, 11) is 3.23. The molecule has 0 saturated heterocycles. The highest BCUT2D eigenvalue weighted by molar-refractivity contribution is 5.68. The third-order valence-corrected chi connectivity index (χ3v) is 4.64. The molecule has 0 amide bonds. The summed E-state index contributed by atoms with van der Waals surface area (Å²) >= 11 is 0. The van der Waals surface area contributed by atoms with E-state index in [1.807, 2.05) is 53.2 Å². The minimum atomic E-state index is 0.357. The van der Waals surface area contributed by atoms with Gasteiger partial charge >= 0.3 is 0 Å². The number of hydrogen-bond donors (Lipinski definition) is 0. The van der Waals surface area contributed by atoms with Crippen LogP contribution in [0.15, 0.2) is 73.6 Å². The van der Waals surface area contributed by atoms with Crippen molar-refractivity contribution in [1.82, 2.24) is 19.5 Å². The average molecular weight is 402 g/mol. The van der Waals surface area contributed by atoms with Gasteiger partial charge < -0.3 is 18.8 Å². The minimum Gasteiger partial charge on any atom is -0.493 e. The zero-order chi connectivity index (χ0) is 20.8. The molecule has 0 aliphatic carbocycles. The molecule has 4 rings (SSSR count). The molecule has 0 aliphatic heterocycles. The summed E-state index contributed by atoms with van der Waals surface area (Å²) in [4.78, 5) is 12.9. The minimum absolute atomic E-state index is 0.357. The highest BCUT2D eigenvalue weighted by atomic mass is 16.5. The van der Waals surface area contributed by atoms with Crippen LogP contribution in [0.25, 0.3) is 11.3 Å². The fourth-order valence-corrected chi connectivity index (χ4v) is 3.12. The normalized spacial score (nSPS) is 10.6. The van der Waals surface area contributed by atoms with Crippen molar-refractivity contribution in [1.29, 1.82) is 0 Å². The van der Waals surface area contributed by atoms with E-state index in [1.165, 1.54) is 0 Å². The van der Waals surface area contributed by atoms with Crippen molar-refractivity contribution in [2.75, 3.05) is 14.2 Å². The van der Waals surface area contributed by atoms with Gasteiger partial charge in [-0.3, -0.25) is 4.98 Å². The van der Waals surface area contributed by atoms with Crippen LogP contribution in [0.4, 0.5) is 0 Å². The van der Waals surface area contributed by atoms with E-state index in [-0.39, 0.29) is 0 Å². The van der Waals surface area contributed by atoms with Crippen LogP contribution in [0.3, 0.4) is 0 Å². The second-order valence-corrected chi connectivity index (χ2v) is 6.61. The van der Waals surface area contributed by atoms with Crippen molar-refractivity contribution in [2.45, 2.75) is 13.2 Å². The molecule has 1 aromatic carbocycles. The fourth-order valence-electron chi connectivity index (χ4n) is 3.12. The van der Waals surface area contributed by atoms with E-state index in [2.05, 4.69) is 15.0 Å². The summed E-state index contributed by atoms with van der Waals surface area (Å²) in [6, 6.07) is 13.6. The second kappa shape index (κ2) is 9.09.